The molecule has 1 amide bonds. The molecule has 1 N–H and O–H groups in total. The zero-order valence-corrected chi connectivity index (χ0v) is 22.3. The van der Waals surface area contributed by atoms with Gasteiger partial charge in [0.05, 0.1) is 17.0 Å². The van der Waals surface area contributed by atoms with E-state index in [1.807, 2.05) is 45.9 Å². The largest absolute Gasteiger partial charge is 0.457 e. The smallest absolute Gasteiger partial charge is 0.294 e. The van der Waals surface area contributed by atoms with Crippen LogP contribution in [-0.2, 0) is 21.3 Å². The number of rotatable bonds is 8. The van der Waals surface area contributed by atoms with Crippen molar-refractivity contribution in [3.8, 4) is 22.8 Å². The summed E-state index contributed by atoms with van der Waals surface area (Å²) in [4.78, 5) is 19.3. The Labute approximate surface area is 216 Å². The number of benzene rings is 2. The number of fused-ring (bicyclic) bond motifs is 1. The van der Waals surface area contributed by atoms with Crippen LogP contribution >= 0.6 is 0 Å². The normalized spacial score (nSPS) is 11.6. The molecule has 37 heavy (non-hydrogen) atoms. The summed E-state index contributed by atoms with van der Waals surface area (Å²) >= 11 is 0. The van der Waals surface area contributed by atoms with Crippen LogP contribution in [0.5, 0.6) is 11.5 Å². The highest BCUT2D eigenvalue weighted by Gasteiger charge is 2.22. The topological polar surface area (TPSA) is 114 Å². The number of hydrogen-bond donors (Lipinski definition) is 1. The van der Waals surface area contributed by atoms with Gasteiger partial charge in [-0.3, -0.25) is 9.35 Å². The van der Waals surface area contributed by atoms with E-state index >= 15 is 0 Å². The van der Waals surface area contributed by atoms with Crippen molar-refractivity contribution in [2.75, 3.05) is 13.1 Å². The van der Waals surface area contributed by atoms with E-state index < -0.39 is 10.1 Å². The Balaban J connectivity index is 1.72. The lowest BCUT2D eigenvalue weighted by Gasteiger charge is -2.18. The zero-order chi connectivity index (χ0) is 26.9. The first kappa shape index (κ1) is 26.3. The molecule has 4 aromatic rings. The number of carbonyl (C=O) groups excluding carboxylic acids is 1. The predicted octanol–water partition coefficient (Wildman–Crippen LogP) is 4.77. The van der Waals surface area contributed by atoms with Gasteiger partial charge in [0.1, 0.15) is 11.5 Å². The van der Waals surface area contributed by atoms with Crippen LogP contribution in [0.3, 0.4) is 0 Å². The average Bonchev–Trinajstić information content (AvgIpc) is 3.19. The number of amides is 1. The Hall–Kier alpha value is -3.76. The molecule has 0 saturated heterocycles. The third kappa shape index (κ3) is 5.50. The molecule has 0 atom stereocenters. The van der Waals surface area contributed by atoms with Gasteiger partial charge in [-0.1, -0.05) is 6.07 Å². The highest BCUT2D eigenvalue weighted by Crippen LogP contribution is 2.32. The second-order valence-corrected chi connectivity index (χ2v) is 10.3. The first-order valence-electron chi connectivity index (χ1n) is 12.0. The minimum atomic E-state index is -4.35. The van der Waals surface area contributed by atoms with Crippen LogP contribution in [0.15, 0.2) is 53.4 Å². The summed E-state index contributed by atoms with van der Waals surface area (Å²) in [7, 11) is -4.35. The summed E-state index contributed by atoms with van der Waals surface area (Å²) in [6.45, 7) is 10.8. The van der Waals surface area contributed by atoms with Crippen molar-refractivity contribution in [2.24, 2.45) is 0 Å². The van der Waals surface area contributed by atoms with Crippen LogP contribution in [0.2, 0.25) is 0 Å². The van der Waals surface area contributed by atoms with Crippen LogP contribution in [-0.4, -0.2) is 51.5 Å². The molecule has 0 unspecified atom stereocenters. The van der Waals surface area contributed by atoms with Gasteiger partial charge in [0.15, 0.2) is 5.65 Å². The highest BCUT2D eigenvalue weighted by molar-refractivity contribution is 7.85. The summed E-state index contributed by atoms with van der Waals surface area (Å²) in [5.41, 5.74) is 5.35. The summed E-state index contributed by atoms with van der Waals surface area (Å²) in [5, 5.41) is 4.80. The van der Waals surface area contributed by atoms with Crippen LogP contribution in [0.1, 0.15) is 36.4 Å². The standard InChI is InChI=1S/C27H30N4O5S/c1-6-30(7-2)25(32)16-23-26(29-31-19(5)14-18(4)28-27(23)31)20-9-11-21(12-10-20)36-24-15-22(37(33,34)35)13-8-17(24)3/h8-15H,6-7,16H2,1-5H3,(H,33,34,35). The molecule has 2 aromatic heterocycles. The van der Waals surface area contributed by atoms with Crippen LogP contribution in [0.25, 0.3) is 16.9 Å². The molecule has 0 aliphatic carbocycles. The van der Waals surface area contributed by atoms with Crippen molar-refractivity contribution in [3.63, 3.8) is 0 Å². The third-order valence-electron chi connectivity index (χ3n) is 6.25. The Bertz CT molecular complexity index is 1570. The molecule has 0 radical (unpaired) electrons. The van der Waals surface area contributed by atoms with Gasteiger partial charge in [0.25, 0.3) is 10.1 Å². The van der Waals surface area contributed by atoms with Gasteiger partial charge in [-0.2, -0.15) is 13.5 Å². The van der Waals surface area contributed by atoms with Gasteiger partial charge in [-0.15, -0.1) is 0 Å². The van der Waals surface area contributed by atoms with Gasteiger partial charge in [-0.25, -0.2) is 9.50 Å². The van der Waals surface area contributed by atoms with Crippen molar-refractivity contribution >= 4 is 21.7 Å². The average molecular weight is 523 g/mol. The molecule has 0 spiro atoms. The van der Waals surface area contributed by atoms with Crippen LogP contribution < -0.4 is 4.74 Å². The van der Waals surface area contributed by atoms with Crippen molar-refractivity contribution < 1.29 is 22.5 Å². The summed E-state index contributed by atoms with van der Waals surface area (Å²) in [6.07, 6.45) is 0.177. The maximum atomic E-state index is 13.0. The zero-order valence-electron chi connectivity index (χ0n) is 21.5. The van der Waals surface area contributed by atoms with E-state index in [4.69, 9.17) is 14.8 Å². The van der Waals surface area contributed by atoms with E-state index in [1.165, 1.54) is 12.1 Å². The Kier molecular flexibility index (Phi) is 7.33. The van der Waals surface area contributed by atoms with Gasteiger partial charge in [0, 0.05) is 41.7 Å². The lowest BCUT2D eigenvalue weighted by atomic mass is 10.0. The van der Waals surface area contributed by atoms with E-state index in [2.05, 4.69) is 0 Å². The molecule has 4 rings (SSSR count). The van der Waals surface area contributed by atoms with Crippen LogP contribution in [0.4, 0.5) is 0 Å². The van der Waals surface area contributed by atoms with Gasteiger partial charge in [0.2, 0.25) is 5.91 Å². The van der Waals surface area contributed by atoms with Gasteiger partial charge in [-0.05, 0) is 76.6 Å². The fraction of sp³-hybridized carbons (Fsp3) is 0.296. The molecule has 0 bridgehead atoms. The third-order valence-corrected chi connectivity index (χ3v) is 7.10. The monoisotopic (exact) mass is 522 g/mol. The number of aromatic nitrogens is 3. The maximum Gasteiger partial charge on any atom is 0.294 e. The molecular weight excluding hydrogens is 492 g/mol. The molecule has 2 aromatic carbocycles. The molecule has 2 heterocycles. The highest BCUT2D eigenvalue weighted by atomic mass is 32.2. The van der Waals surface area contributed by atoms with E-state index in [1.54, 1.807) is 34.5 Å². The Morgan fingerprint density at radius 1 is 1.03 bits per heavy atom. The first-order valence-corrected chi connectivity index (χ1v) is 13.5. The SMILES string of the molecule is CCN(CC)C(=O)Cc1c(-c2ccc(Oc3cc(S(=O)(=O)O)ccc3C)cc2)nn2c(C)cc(C)nc12. The molecule has 194 valence electrons. The Morgan fingerprint density at radius 2 is 1.70 bits per heavy atom. The summed E-state index contributed by atoms with van der Waals surface area (Å²) in [5.74, 6) is 0.807. The molecule has 0 fully saturated rings. The molecule has 0 aliphatic rings. The van der Waals surface area contributed by atoms with Crippen molar-refractivity contribution in [1.29, 1.82) is 0 Å². The molecule has 9 nitrogen and oxygen atoms in total. The molecule has 10 heteroatoms. The lowest BCUT2D eigenvalue weighted by molar-refractivity contribution is -0.130. The number of likely N-dealkylation sites (N-methyl/N-ethyl adjacent to an activating group) is 1. The van der Waals surface area contributed by atoms with Crippen molar-refractivity contribution in [2.45, 2.75) is 45.9 Å². The van der Waals surface area contributed by atoms with Gasteiger partial charge < -0.3 is 9.64 Å². The lowest BCUT2D eigenvalue weighted by Crippen LogP contribution is -2.31. The second-order valence-electron chi connectivity index (χ2n) is 8.87. The number of nitrogens with zero attached hydrogens (tertiary/aromatic N) is 4. The Morgan fingerprint density at radius 3 is 2.32 bits per heavy atom. The molecule has 0 saturated carbocycles. The van der Waals surface area contributed by atoms with Gasteiger partial charge >= 0.3 is 0 Å². The quantitative estimate of drug-likeness (QED) is 0.332. The number of ether oxygens (including phenoxy) is 1. The molecular formula is C27H30N4O5S. The number of hydrogen-bond acceptors (Lipinski definition) is 6. The summed E-state index contributed by atoms with van der Waals surface area (Å²) < 4.78 is 40.1. The number of aryl methyl sites for hydroxylation is 3. The van der Waals surface area contributed by atoms with E-state index in [-0.39, 0.29) is 17.2 Å². The van der Waals surface area contributed by atoms with E-state index in [0.29, 0.717) is 41.5 Å². The first-order chi connectivity index (χ1) is 17.5. The minimum absolute atomic E-state index is 0.0104. The molecule has 0 aliphatic heterocycles. The second kappa shape index (κ2) is 10.3. The van der Waals surface area contributed by atoms with Crippen molar-refractivity contribution in [3.05, 3.63) is 71.0 Å². The van der Waals surface area contributed by atoms with Crippen LogP contribution in [0, 0.1) is 20.8 Å². The van der Waals surface area contributed by atoms with E-state index in [9.17, 15) is 17.8 Å². The van der Waals surface area contributed by atoms with E-state index in [0.717, 1.165) is 22.5 Å². The maximum absolute atomic E-state index is 13.0. The number of carbonyl (C=O) groups is 1. The summed E-state index contributed by atoms with van der Waals surface area (Å²) in [6, 6.07) is 13.3. The fourth-order valence-electron chi connectivity index (χ4n) is 4.26. The minimum Gasteiger partial charge on any atom is -0.457 e. The fourth-order valence-corrected chi connectivity index (χ4v) is 4.75. The predicted molar refractivity (Wildman–Crippen MR) is 141 cm³/mol. The van der Waals surface area contributed by atoms with Crippen molar-refractivity contribution in [1.82, 2.24) is 19.5 Å².